The van der Waals surface area contributed by atoms with Gasteiger partial charge >= 0.3 is 0 Å². The molecule has 2 atom stereocenters. The average molecular weight is 297 g/mol. The maximum absolute atomic E-state index is 11.7. The maximum atomic E-state index is 11.7. The van der Waals surface area contributed by atoms with Crippen LogP contribution in [0.5, 0.6) is 5.75 Å². The van der Waals surface area contributed by atoms with Crippen molar-refractivity contribution in [3.63, 3.8) is 0 Å². The summed E-state index contributed by atoms with van der Waals surface area (Å²) in [7, 11) is -1.21. The first kappa shape index (κ1) is 15.3. The molecule has 2 rings (SSSR count). The SMILES string of the molecule is COc1cc(C)ccc1C(C)NC1CCCS(=O)(=O)C1. The zero-order valence-electron chi connectivity index (χ0n) is 12.3. The Morgan fingerprint density at radius 3 is 2.80 bits per heavy atom. The molecule has 0 bridgehead atoms. The molecule has 1 heterocycles. The minimum Gasteiger partial charge on any atom is -0.496 e. The van der Waals surface area contributed by atoms with E-state index in [0.29, 0.717) is 5.75 Å². The Morgan fingerprint density at radius 2 is 2.15 bits per heavy atom. The van der Waals surface area contributed by atoms with Gasteiger partial charge < -0.3 is 10.1 Å². The number of rotatable bonds is 4. The highest BCUT2D eigenvalue weighted by molar-refractivity contribution is 7.91. The van der Waals surface area contributed by atoms with E-state index in [0.717, 1.165) is 29.7 Å². The largest absolute Gasteiger partial charge is 0.496 e. The topological polar surface area (TPSA) is 55.4 Å². The van der Waals surface area contributed by atoms with Crippen LogP contribution in [0.4, 0.5) is 0 Å². The molecule has 20 heavy (non-hydrogen) atoms. The Kier molecular flexibility index (Phi) is 4.70. The van der Waals surface area contributed by atoms with Crippen molar-refractivity contribution in [3.05, 3.63) is 29.3 Å². The van der Waals surface area contributed by atoms with Crippen LogP contribution in [0.1, 0.15) is 36.9 Å². The normalized spacial score (nSPS) is 23.2. The van der Waals surface area contributed by atoms with E-state index in [1.807, 2.05) is 25.1 Å². The first-order valence-electron chi connectivity index (χ1n) is 7.02. The molecule has 1 aromatic rings. The van der Waals surface area contributed by atoms with Gasteiger partial charge in [-0.2, -0.15) is 0 Å². The molecule has 1 fully saturated rings. The quantitative estimate of drug-likeness (QED) is 0.926. The van der Waals surface area contributed by atoms with Crippen LogP contribution in [0.25, 0.3) is 0 Å². The molecule has 0 spiro atoms. The van der Waals surface area contributed by atoms with Crippen molar-refractivity contribution in [1.82, 2.24) is 5.32 Å². The molecule has 0 aromatic heterocycles. The van der Waals surface area contributed by atoms with E-state index < -0.39 is 9.84 Å². The van der Waals surface area contributed by atoms with E-state index in [4.69, 9.17) is 4.74 Å². The smallest absolute Gasteiger partial charge is 0.151 e. The second-order valence-corrected chi connectivity index (χ2v) is 7.82. The van der Waals surface area contributed by atoms with Crippen molar-refractivity contribution < 1.29 is 13.2 Å². The lowest BCUT2D eigenvalue weighted by Crippen LogP contribution is -2.41. The highest BCUT2D eigenvalue weighted by atomic mass is 32.2. The fourth-order valence-electron chi connectivity index (χ4n) is 2.77. The zero-order chi connectivity index (χ0) is 14.8. The summed E-state index contributed by atoms with van der Waals surface area (Å²) in [6.45, 7) is 4.08. The molecule has 0 saturated carbocycles. The first-order valence-corrected chi connectivity index (χ1v) is 8.84. The highest BCUT2D eigenvalue weighted by Gasteiger charge is 2.26. The number of ether oxygens (including phenoxy) is 1. The molecular weight excluding hydrogens is 274 g/mol. The van der Waals surface area contributed by atoms with Crippen LogP contribution in [0.3, 0.4) is 0 Å². The van der Waals surface area contributed by atoms with Crippen LogP contribution in [0, 0.1) is 6.92 Å². The van der Waals surface area contributed by atoms with Gasteiger partial charge in [0.05, 0.1) is 18.6 Å². The highest BCUT2D eigenvalue weighted by Crippen LogP contribution is 2.27. The van der Waals surface area contributed by atoms with Crippen molar-refractivity contribution >= 4 is 9.84 Å². The Bertz CT molecular complexity index is 568. The third-order valence-electron chi connectivity index (χ3n) is 3.80. The van der Waals surface area contributed by atoms with Gasteiger partial charge in [0.1, 0.15) is 5.75 Å². The number of nitrogens with one attached hydrogen (secondary N) is 1. The summed E-state index contributed by atoms with van der Waals surface area (Å²) in [6, 6.07) is 6.21. The molecular formula is C15H23NO3S. The summed E-state index contributed by atoms with van der Waals surface area (Å²) >= 11 is 0. The third-order valence-corrected chi connectivity index (χ3v) is 5.63. The monoisotopic (exact) mass is 297 g/mol. The fourth-order valence-corrected chi connectivity index (χ4v) is 4.42. The summed E-state index contributed by atoms with van der Waals surface area (Å²) < 4.78 is 28.8. The molecule has 0 aliphatic carbocycles. The van der Waals surface area contributed by atoms with Crippen molar-refractivity contribution in [1.29, 1.82) is 0 Å². The molecule has 1 aromatic carbocycles. The van der Waals surface area contributed by atoms with Gasteiger partial charge in [-0.3, -0.25) is 0 Å². The maximum Gasteiger partial charge on any atom is 0.151 e. The summed E-state index contributed by atoms with van der Waals surface area (Å²) in [5.74, 6) is 1.42. The number of hydrogen-bond donors (Lipinski definition) is 1. The molecule has 1 saturated heterocycles. The molecule has 5 heteroatoms. The van der Waals surface area contributed by atoms with E-state index in [9.17, 15) is 8.42 Å². The Labute approximate surface area is 121 Å². The molecule has 0 amide bonds. The van der Waals surface area contributed by atoms with Gasteiger partial charge in [-0.25, -0.2) is 8.42 Å². The third kappa shape index (κ3) is 3.73. The van der Waals surface area contributed by atoms with Crippen LogP contribution < -0.4 is 10.1 Å². The van der Waals surface area contributed by atoms with Gasteiger partial charge in [0.15, 0.2) is 9.84 Å². The van der Waals surface area contributed by atoms with Gasteiger partial charge in [0, 0.05) is 17.6 Å². The van der Waals surface area contributed by atoms with Crippen LogP contribution in [-0.4, -0.2) is 33.1 Å². The van der Waals surface area contributed by atoms with E-state index in [1.54, 1.807) is 7.11 Å². The van der Waals surface area contributed by atoms with Gasteiger partial charge in [-0.05, 0) is 38.3 Å². The summed E-state index contributed by atoms with van der Waals surface area (Å²) in [5, 5.41) is 3.43. The predicted octanol–water partition coefficient (Wildman–Crippen LogP) is 2.23. The predicted molar refractivity (Wildman–Crippen MR) is 81.0 cm³/mol. The number of hydrogen-bond acceptors (Lipinski definition) is 4. The lowest BCUT2D eigenvalue weighted by Gasteiger charge is -2.27. The second-order valence-electron chi connectivity index (χ2n) is 5.59. The minimum absolute atomic E-state index is 0.0368. The summed E-state index contributed by atoms with van der Waals surface area (Å²) in [6.07, 6.45) is 1.66. The number of sulfone groups is 1. The Hall–Kier alpha value is -1.07. The van der Waals surface area contributed by atoms with E-state index in [1.165, 1.54) is 0 Å². The average Bonchev–Trinajstić information content (AvgIpc) is 2.37. The van der Waals surface area contributed by atoms with Gasteiger partial charge in [-0.1, -0.05) is 12.1 Å². The molecule has 1 aliphatic heterocycles. The van der Waals surface area contributed by atoms with Gasteiger partial charge in [-0.15, -0.1) is 0 Å². The zero-order valence-corrected chi connectivity index (χ0v) is 13.2. The number of methoxy groups -OCH3 is 1. The summed E-state index contributed by atoms with van der Waals surface area (Å²) in [5.41, 5.74) is 2.22. The van der Waals surface area contributed by atoms with E-state index in [-0.39, 0.29) is 17.8 Å². The molecule has 1 N–H and O–H groups in total. The molecule has 4 nitrogen and oxygen atoms in total. The number of aryl methyl sites for hydroxylation is 1. The minimum atomic E-state index is -2.88. The summed E-state index contributed by atoms with van der Waals surface area (Å²) in [4.78, 5) is 0. The van der Waals surface area contributed by atoms with Gasteiger partial charge in [0.25, 0.3) is 0 Å². The van der Waals surface area contributed by atoms with Crippen molar-refractivity contribution in [2.24, 2.45) is 0 Å². The number of benzene rings is 1. The van der Waals surface area contributed by atoms with Crippen molar-refractivity contribution in [2.75, 3.05) is 18.6 Å². The van der Waals surface area contributed by atoms with Crippen molar-refractivity contribution in [2.45, 2.75) is 38.8 Å². The fraction of sp³-hybridized carbons (Fsp3) is 0.600. The molecule has 1 aliphatic rings. The van der Waals surface area contributed by atoms with Crippen LogP contribution in [0.15, 0.2) is 18.2 Å². The standard InChI is InChI=1S/C15H23NO3S/c1-11-6-7-14(15(9-11)19-3)12(2)16-13-5-4-8-20(17,18)10-13/h6-7,9,12-13,16H,4-5,8,10H2,1-3H3. The molecule has 112 valence electrons. The Balaban J connectivity index is 2.10. The molecule has 0 radical (unpaired) electrons. The van der Waals surface area contributed by atoms with Gasteiger partial charge in [0.2, 0.25) is 0 Å². The van der Waals surface area contributed by atoms with Crippen LogP contribution in [-0.2, 0) is 9.84 Å². The van der Waals surface area contributed by atoms with Crippen LogP contribution >= 0.6 is 0 Å². The second kappa shape index (κ2) is 6.14. The van der Waals surface area contributed by atoms with E-state index >= 15 is 0 Å². The van der Waals surface area contributed by atoms with Crippen molar-refractivity contribution in [3.8, 4) is 5.75 Å². The van der Waals surface area contributed by atoms with E-state index in [2.05, 4.69) is 12.2 Å². The lowest BCUT2D eigenvalue weighted by atomic mass is 10.0. The van der Waals surface area contributed by atoms with Crippen LogP contribution in [0.2, 0.25) is 0 Å². The molecule has 2 unspecified atom stereocenters. The lowest BCUT2D eigenvalue weighted by molar-refractivity contribution is 0.389. The first-order chi connectivity index (χ1) is 9.41. The Morgan fingerprint density at radius 1 is 1.40 bits per heavy atom.